The van der Waals surface area contributed by atoms with E-state index in [-0.39, 0.29) is 17.8 Å². The first-order valence-corrected chi connectivity index (χ1v) is 6.89. The number of phenolic OH excluding ortho intramolecular Hbond substituents is 1. The second-order valence-corrected chi connectivity index (χ2v) is 4.95. The summed E-state index contributed by atoms with van der Waals surface area (Å²) in [6.07, 6.45) is 4.92. The third kappa shape index (κ3) is 5.14. The summed E-state index contributed by atoms with van der Waals surface area (Å²) in [5, 5.41) is 14.8. The average Bonchev–Trinajstić information content (AvgIpc) is 2.47. The molecule has 0 bridgehead atoms. The van der Waals surface area contributed by atoms with Crippen LogP contribution in [0.5, 0.6) is 5.75 Å². The molecule has 2 amide bonds. The van der Waals surface area contributed by atoms with E-state index in [4.69, 9.17) is 0 Å². The van der Waals surface area contributed by atoms with Gasteiger partial charge in [0, 0.05) is 12.2 Å². The second kappa shape index (κ2) is 7.28. The van der Waals surface area contributed by atoms with Crippen LogP contribution >= 0.6 is 0 Å². The lowest BCUT2D eigenvalue weighted by Gasteiger charge is -2.14. The van der Waals surface area contributed by atoms with E-state index in [0.717, 1.165) is 18.4 Å². The van der Waals surface area contributed by atoms with E-state index in [1.54, 1.807) is 36.7 Å². The number of pyridine rings is 1. The van der Waals surface area contributed by atoms with Gasteiger partial charge in [-0.05, 0) is 49.6 Å². The molecule has 1 aromatic carbocycles. The van der Waals surface area contributed by atoms with Crippen molar-refractivity contribution in [3.63, 3.8) is 0 Å². The highest BCUT2D eigenvalue weighted by atomic mass is 16.3. The van der Waals surface area contributed by atoms with Crippen LogP contribution < -0.4 is 10.6 Å². The van der Waals surface area contributed by atoms with Crippen molar-refractivity contribution in [1.29, 1.82) is 0 Å². The number of hydrogen-bond donors (Lipinski definition) is 3. The molecule has 0 saturated carbocycles. The van der Waals surface area contributed by atoms with Crippen molar-refractivity contribution in [2.45, 2.75) is 25.8 Å². The van der Waals surface area contributed by atoms with Gasteiger partial charge in [-0.15, -0.1) is 0 Å². The molecule has 1 atom stereocenters. The second-order valence-electron chi connectivity index (χ2n) is 4.95. The Labute approximate surface area is 124 Å². The van der Waals surface area contributed by atoms with E-state index < -0.39 is 0 Å². The van der Waals surface area contributed by atoms with E-state index in [1.807, 2.05) is 19.1 Å². The maximum absolute atomic E-state index is 11.8. The maximum Gasteiger partial charge on any atom is 0.319 e. The highest BCUT2D eigenvalue weighted by molar-refractivity contribution is 5.89. The third-order valence-electron chi connectivity index (χ3n) is 3.10. The molecular weight excluding hydrogens is 266 g/mol. The van der Waals surface area contributed by atoms with Crippen LogP contribution in [0.3, 0.4) is 0 Å². The van der Waals surface area contributed by atoms with E-state index in [0.29, 0.717) is 5.69 Å². The predicted octanol–water partition coefficient (Wildman–Crippen LogP) is 2.93. The van der Waals surface area contributed by atoms with Gasteiger partial charge in [-0.2, -0.15) is 0 Å². The van der Waals surface area contributed by atoms with Crippen LogP contribution in [-0.2, 0) is 6.42 Å². The van der Waals surface area contributed by atoms with Crippen molar-refractivity contribution < 1.29 is 9.90 Å². The molecule has 1 unspecified atom stereocenters. The van der Waals surface area contributed by atoms with Crippen molar-refractivity contribution in [3.05, 3.63) is 54.4 Å². The minimum absolute atomic E-state index is 0.0514. The van der Waals surface area contributed by atoms with Gasteiger partial charge in [0.05, 0.1) is 11.9 Å². The molecule has 0 spiro atoms. The molecule has 5 nitrogen and oxygen atoms in total. The number of hydrogen-bond acceptors (Lipinski definition) is 3. The molecule has 0 aliphatic carbocycles. The van der Waals surface area contributed by atoms with Crippen LogP contribution in [0, 0.1) is 0 Å². The van der Waals surface area contributed by atoms with Gasteiger partial charge in [0.15, 0.2) is 0 Å². The topological polar surface area (TPSA) is 74.2 Å². The Bertz CT molecular complexity index is 570. The number of urea groups is 1. The van der Waals surface area contributed by atoms with Crippen LogP contribution in [0.25, 0.3) is 0 Å². The lowest BCUT2D eigenvalue weighted by molar-refractivity contribution is 0.248. The van der Waals surface area contributed by atoms with E-state index in [1.165, 1.54) is 0 Å². The Morgan fingerprint density at radius 2 is 2.05 bits per heavy atom. The first-order chi connectivity index (χ1) is 10.1. The minimum Gasteiger partial charge on any atom is -0.508 e. The zero-order valence-corrected chi connectivity index (χ0v) is 11.9. The van der Waals surface area contributed by atoms with Gasteiger partial charge in [-0.1, -0.05) is 12.1 Å². The Balaban J connectivity index is 1.75. The number of nitrogens with zero attached hydrogens (tertiary/aromatic N) is 1. The average molecular weight is 285 g/mol. The molecule has 5 heteroatoms. The molecule has 0 aliphatic heterocycles. The zero-order chi connectivity index (χ0) is 15.1. The van der Waals surface area contributed by atoms with E-state index in [2.05, 4.69) is 15.6 Å². The first-order valence-electron chi connectivity index (χ1n) is 6.89. The van der Waals surface area contributed by atoms with Crippen LogP contribution in [0.2, 0.25) is 0 Å². The number of carbonyl (C=O) groups is 1. The number of aromatic nitrogens is 1. The van der Waals surface area contributed by atoms with Crippen LogP contribution in [0.1, 0.15) is 18.9 Å². The summed E-state index contributed by atoms with van der Waals surface area (Å²) in [6, 6.07) is 10.5. The van der Waals surface area contributed by atoms with Crippen molar-refractivity contribution in [2.75, 3.05) is 5.32 Å². The number of nitrogens with one attached hydrogen (secondary N) is 2. The van der Waals surface area contributed by atoms with Gasteiger partial charge in [-0.3, -0.25) is 4.98 Å². The summed E-state index contributed by atoms with van der Waals surface area (Å²) in [5.74, 6) is 0.265. The standard InChI is InChI=1S/C16H19N3O2/c1-12(4-5-13-6-8-15(20)9-7-13)18-16(21)19-14-3-2-10-17-11-14/h2-3,6-12,20H,4-5H2,1H3,(H2,18,19,21). The monoisotopic (exact) mass is 285 g/mol. The lowest BCUT2D eigenvalue weighted by atomic mass is 10.1. The van der Waals surface area contributed by atoms with Crippen LogP contribution in [0.15, 0.2) is 48.8 Å². The van der Waals surface area contributed by atoms with Gasteiger partial charge in [0.25, 0.3) is 0 Å². The number of benzene rings is 1. The fraction of sp³-hybridized carbons (Fsp3) is 0.250. The molecular formula is C16H19N3O2. The molecule has 1 aromatic heterocycles. The smallest absolute Gasteiger partial charge is 0.319 e. The summed E-state index contributed by atoms with van der Waals surface area (Å²) in [7, 11) is 0. The molecule has 3 N–H and O–H groups in total. The zero-order valence-electron chi connectivity index (χ0n) is 11.9. The molecule has 0 saturated heterocycles. The van der Waals surface area contributed by atoms with E-state index >= 15 is 0 Å². The Kier molecular flexibility index (Phi) is 5.15. The van der Waals surface area contributed by atoms with Crippen molar-refractivity contribution in [1.82, 2.24) is 10.3 Å². The number of amides is 2. The van der Waals surface area contributed by atoms with Gasteiger partial charge in [0.1, 0.15) is 5.75 Å². The summed E-state index contributed by atoms with van der Waals surface area (Å²) in [5.41, 5.74) is 1.80. The molecule has 2 aromatic rings. The number of phenols is 1. The maximum atomic E-state index is 11.8. The lowest BCUT2D eigenvalue weighted by Crippen LogP contribution is -2.36. The number of rotatable bonds is 5. The molecule has 0 fully saturated rings. The highest BCUT2D eigenvalue weighted by Crippen LogP contribution is 2.12. The molecule has 21 heavy (non-hydrogen) atoms. The van der Waals surface area contributed by atoms with Crippen LogP contribution in [-0.4, -0.2) is 22.2 Å². The summed E-state index contributed by atoms with van der Waals surface area (Å²) in [4.78, 5) is 15.7. The fourth-order valence-electron chi connectivity index (χ4n) is 1.95. The molecule has 0 radical (unpaired) electrons. The van der Waals surface area contributed by atoms with E-state index in [9.17, 15) is 9.90 Å². The molecule has 1 heterocycles. The normalized spacial score (nSPS) is 11.7. The SMILES string of the molecule is CC(CCc1ccc(O)cc1)NC(=O)Nc1cccnc1. The largest absolute Gasteiger partial charge is 0.508 e. The van der Waals surface area contributed by atoms with Crippen LogP contribution in [0.4, 0.5) is 10.5 Å². The summed E-state index contributed by atoms with van der Waals surface area (Å²) in [6.45, 7) is 1.96. The summed E-state index contributed by atoms with van der Waals surface area (Å²) < 4.78 is 0. The number of anilines is 1. The minimum atomic E-state index is -0.235. The van der Waals surface area contributed by atoms with Crippen molar-refractivity contribution >= 4 is 11.7 Å². The number of aromatic hydroxyl groups is 1. The molecule has 110 valence electrons. The highest BCUT2D eigenvalue weighted by Gasteiger charge is 2.07. The van der Waals surface area contributed by atoms with Gasteiger partial charge >= 0.3 is 6.03 Å². The number of carbonyl (C=O) groups excluding carboxylic acids is 1. The molecule has 0 aliphatic rings. The fourth-order valence-corrected chi connectivity index (χ4v) is 1.95. The first kappa shape index (κ1) is 14.8. The predicted molar refractivity (Wildman–Crippen MR) is 82.3 cm³/mol. The van der Waals surface area contributed by atoms with Gasteiger partial charge in [-0.25, -0.2) is 4.79 Å². The Morgan fingerprint density at radius 3 is 2.71 bits per heavy atom. The third-order valence-corrected chi connectivity index (χ3v) is 3.10. The number of aryl methyl sites for hydroxylation is 1. The van der Waals surface area contributed by atoms with Crippen molar-refractivity contribution in [3.8, 4) is 5.75 Å². The Hall–Kier alpha value is -2.56. The Morgan fingerprint density at radius 1 is 1.29 bits per heavy atom. The van der Waals surface area contributed by atoms with Gasteiger partial charge in [0.2, 0.25) is 0 Å². The molecule has 2 rings (SSSR count). The van der Waals surface area contributed by atoms with Crippen molar-refractivity contribution in [2.24, 2.45) is 0 Å². The summed E-state index contributed by atoms with van der Waals surface area (Å²) >= 11 is 0. The quantitative estimate of drug-likeness (QED) is 0.790. The van der Waals surface area contributed by atoms with Gasteiger partial charge < -0.3 is 15.7 Å².